The highest BCUT2D eigenvalue weighted by Gasteiger charge is 2.22. The fourth-order valence-corrected chi connectivity index (χ4v) is 3.52. The zero-order valence-corrected chi connectivity index (χ0v) is 16.1. The molecule has 2 heterocycles. The topological polar surface area (TPSA) is 48.5 Å². The van der Waals surface area contributed by atoms with Crippen molar-refractivity contribution in [2.24, 2.45) is 0 Å². The van der Waals surface area contributed by atoms with Crippen molar-refractivity contribution in [1.82, 2.24) is 9.88 Å². The molecule has 0 atom stereocenters. The molecule has 142 valence electrons. The molecule has 28 heavy (non-hydrogen) atoms. The molecule has 0 bridgehead atoms. The number of nitrogens with zero attached hydrogens (tertiary/aromatic N) is 3. The molecule has 4 rings (SSSR count). The van der Waals surface area contributed by atoms with Gasteiger partial charge in [0.25, 0.3) is 5.91 Å². The van der Waals surface area contributed by atoms with Gasteiger partial charge in [-0.15, -0.1) is 0 Å². The minimum atomic E-state index is 0.00280. The largest absolute Gasteiger partial charge is 0.368 e. The van der Waals surface area contributed by atoms with Crippen LogP contribution in [0.25, 0.3) is 0 Å². The number of hydrogen-bond acceptors (Lipinski definition) is 4. The van der Waals surface area contributed by atoms with E-state index in [2.05, 4.69) is 27.3 Å². The van der Waals surface area contributed by atoms with Crippen LogP contribution in [0.15, 0.2) is 73.1 Å². The van der Waals surface area contributed by atoms with Crippen LogP contribution in [-0.4, -0.2) is 42.0 Å². The van der Waals surface area contributed by atoms with Crippen LogP contribution in [0, 0.1) is 0 Å². The molecule has 1 aromatic heterocycles. The average molecular weight is 393 g/mol. The zero-order valence-electron chi connectivity index (χ0n) is 15.4. The molecule has 1 N–H and O–H groups in total. The van der Waals surface area contributed by atoms with Gasteiger partial charge in [-0.3, -0.25) is 9.78 Å². The maximum Gasteiger partial charge on any atom is 0.255 e. The molecule has 0 aliphatic carbocycles. The third-order valence-electron chi connectivity index (χ3n) is 4.83. The van der Waals surface area contributed by atoms with E-state index in [0.717, 1.165) is 24.5 Å². The summed E-state index contributed by atoms with van der Waals surface area (Å²) in [6.45, 7) is 3.02. The summed E-state index contributed by atoms with van der Waals surface area (Å²) in [5.74, 6) is 0.00280. The molecule has 2 aromatic carbocycles. The molecule has 1 amide bonds. The van der Waals surface area contributed by atoms with Gasteiger partial charge in [0, 0.05) is 38.1 Å². The van der Waals surface area contributed by atoms with Crippen molar-refractivity contribution in [3.8, 4) is 0 Å². The van der Waals surface area contributed by atoms with Gasteiger partial charge in [-0.25, -0.2) is 0 Å². The van der Waals surface area contributed by atoms with Crippen molar-refractivity contribution < 1.29 is 4.79 Å². The number of pyridine rings is 1. The van der Waals surface area contributed by atoms with Gasteiger partial charge in [0.05, 0.1) is 28.2 Å². The molecule has 1 saturated heterocycles. The lowest BCUT2D eigenvalue weighted by Crippen LogP contribution is -2.48. The first-order valence-electron chi connectivity index (χ1n) is 9.26. The van der Waals surface area contributed by atoms with Crippen molar-refractivity contribution in [2.45, 2.75) is 0 Å². The van der Waals surface area contributed by atoms with Crippen LogP contribution in [0.3, 0.4) is 0 Å². The second-order valence-electron chi connectivity index (χ2n) is 6.68. The van der Waals surface area contributed by atoms with Crippen LogP contribution < -0.4 is 10.2 Å². The molecule has 1 fully saturated rings. The van der Waals surface area contributed by atoms with Gasteiger partial charge in [-0.2, -0.15) is 0 Å². The first-order valence-corrected chi connectivity index (χ1v) is 9.64. The minimum absolute atomic E-state index is 0.00280. The number of hydrogen-bond donors (Lipinski definition) is 1. The lowest BCUT2D eigenvalue weighted by molar-refractivity contribution is 0.0746. The summed E-state index contributed by atoms with van der Waals surface area (Å²) in [6, 6.07) is 19.6. The quantitative estimate of drug-likeness (QED) is 0.713. The van der Waals surface area contributed by atoms with E-state index in [1.54, 1.807) is 12.4 Å². The number of piperazine rings is 1. The highest BCUT2D eigenvalue weighted by Crippen LogP contribution is 2.25. The molecule has 5 nitrogen and oxygen atoms in total. The first kappa shape index (κ1) is 18.3. The van der Waals surface area contributed by atoms with Gasteiger partial charge < -0.3 is 15.1 Å². The maximum atomic E-state index is 12.9. The Morgan fingerprint density at radius 1 is 0.929 bits per heavy atom. The summed E-state index contributed by atoms with van der Waals surface area (Å²) in [4.78, 5) is 21.3. The highest BCUT2D eigenvalue weighted by molar-refractivity contribution is 6.33. The molecule has 0 saturated carbocycles. The number of nitrogens with one attached hydrogen (secondary N) is 1. The Balaban J connectivity index is 1.42. The monoisotopic (exact) mass is 392 g/mol. The van der Waals surface area contributed by atoms with Gasteiger partial charge in [-0.1, -0.05) is 41.9 Å². The van der Waals surface area contributed by atoms with Crippen molar-refractivity contribution >= 4 is 34.6 Å². The number of carbonyl (C=O) groups is 1. The Kier molecular flexibility index (Phi) is 5.44. The fraction of sp³-hybridized carbons (Fsp3) is 0.182. The van der Waals surface area contributed by atoms with Crippen molar-refractivity contribution in [2.75, 3.05) is 36.4 Å². The van der Waals surface area contributed by atoms with Crippen LogP contribution in [-0.2, 0) is 0 Å². The van der Waals surface area contributed by atoms with Crippen LogP contribution >= 0.6 is 11.6 Å². The van der Waals surface area contributed by atoms with Crippen LogP contribution in [0.1, 0.15) is 10.4 Å². The van der Waals surface area contributed by atoms with E-state index >= 15 is 0 Å². The second-order valence-corrected chi connectivity index (χ2v) is 7.09. The molecule has 6 heteroatoms. The van der Waals surface area contributed by atoms with Crippen molar-refractivity contribution in [3.63, 3.8) is 0 Å². The predicted molar refractivity (Wildman–Crippen MR) is 114 cm³/mol. The van der Waals surface area contributed by atoms with Crippen LogP contribution in [0.2, 0.25) is 5.02 Å². The Bertz CT molecular complexity index is 956. The Morgan fingerprint density at radius 3 is 2.39 bits per heavy atom. The van der Waals surface area contributed by atoms with E-state index in [-0.39, 0.29) is 5.91 Å². The lowest BCUT2D eigenvalue weighted by atomic mass is 10.2. The summed E-state index contributed by atoms with van der Waals surface area (Å²) in [5.41, 5.74) is 3.29. The van der Waals surface area contributed by atoms with E-state index in [0.29, 0.717) is 23.7 Å². The van der Waals surface area contributed by atoms with E-state index < -0.39 is 0 Å². The number of benzene rings is 2. The molecular formula is C22H21ClN4O. The third kappa shape index (κ3) is 4.10. The molecule has 0 radical (unpaired) electrons. The fourth-order valence-electron chi connectivity index (χ4n) is 3.33. The van der Waals surface area contributed by atoms with Crippen LogP contribution in [0.5, 0.6) is 0 Å². The lowest BCUT2D eigenvalue weighted by Gasteiger charge is -2.36. The number of anilines is 3. The van der Waals surface area contributed by atoms with Gasteiger partial charge >= 0.3 is 0 Å². The highest BCUT2D eigenvalue weighted by atomic mass is 35.5. The molecule has 0 unspecified atom stereocenters. The minimum Gasteiger partial charge on any atom is -0.368 e. The summed E-state index contributed by atoms with van der Waals surface area (Å²) < 4.78 is 0. The van der Waals surface area contributed by atoms with E-state index in [4.69, 9.17) is 11.6 Å². The standard InChI is InChI=1S/C22H21ClN4O/c23-20-8-4-5-9-21(20)25-18-14-17(15-24-16-18)22(28)27-12-10-26(11-13-27)19-6-2-1-3-7-19/h1-9,14-16,25H,10-13H2. The Morgan fingerprint density at radius 2 is 1.64 bits per heavy atom. The van der Waals surface area contributed by atoms with Gasteiger partial charge in [-0.05, 0) is 30.3 Å². The number of halogens is 1. The van der Waals surface area contributed by atoms with Crippen molar-refractivity contribution in [1.29, 1.82) is 0 Å². The summed E-state index contributed by atoms with van der Waals surface area (Å²) >= 11 is 6.20. The summed E-state index contributed by atoms with van der Waals surface area (Å²) in [6.07, 6.45) is 3.30. The van der Waals surface area contributed by atoms with Gasteiger partial charge in [0.15, 0.2) is 0 Å². The Hall–Kier alpha value is -3.05. The molecule has 0 spiro atoms. The predicted octanol–water partition coefficient (Wildman–Crippen LogP) is 4.44. The normalized spacial score (nSPS) is 14.0. The maximum absolute atomic E-state index is 12.9. The van der Waals surface area contributed by atoms with Gasteiger partial charge in [0.1, 0.15) is 0 Å². The SMILES string of the molecule is O=C(c1cncc(Nc2ccccc2Cl)c1)N1CCN(c2ccccc2)CC1. The average Bonchev–Trinajstić information content (AvgIpc) is 2.76. The zero-order chi connectivity index (χ0) is 19.3. The van der Waals surface area contributed by atoms with E-state index in [1.165, 1.54) is 5.69 Å². The third-order valence-corrected chi connectivity index (χ3v) is 5.16. The number of rotatable bonds is 4. The molecular weight excluding hydrogens is 372 g/mol. The second kappa shape index (κ2) is 8.31. The number of carbonyl (C=O) groups excluding carboxylic acids is 1. The van der Waals surface area contributed by atoms with Gasteiger partial charge in [0.2, 0.25) is 0 Å². The summed E-state index contributed by atoms with van der Waals surface area (Å²) in [7, 11) is 0. The molecule has 3 aromatic rings. The van der Waals surface area contributed by atoms with E-state index in [9.17, 15) is 4.79 Å². The molecule has 1 aliphatic heterocycles. The first-order chi connectivity index (χ1) is 13.7. The molecule has 1 aliphatic rings. The Labute approximate surface area is 169 Å². The smallest absolute Gasteiger partial charge is 0.255 e. The summed E-state index contributed by atoms with van der Waals surface area (Å²) in [5, 5.41) is 3.85. The van der Waals surface area contributed by atoms with Crippen molar-refractivity contribution in [3.05, 3.63) is 83.6 Å². The van der Waals surface area contributed by atoms with E-state index in [1.807, 2.05) is 53.4 Å². The number of aromatic nitrogens is 1. The number of para-hydroxylation sites is 2. The van der Waals surface area contributed by atoms with Crippen LogP contribution in [0.4, 0.5) is 17.1 Å². The number of amides is 1.